The maximum Gasteiger partial charge on any atom is 0.265 e. The fourth-order valence-corrected chi connectivity index (χ4v) is 1.27. The van der Waals surface area contributed by atoms with Crippen molar-refractivity contribution < 1.29 is 23.4 Å². The summed E-state index contributed by atoms with van der Waals surface area (Å²) in [4.78, 5) is 11.3. The number of hydrogen-bond donors (Lipinski definition) is 2. The number of alkyl halides is 2. The van der Waals surface area contributed by atoms with Crippen molar-refractivity contribution in [3.05, 3.63) is 35.9 Å². The van der Waals surface area contributed by atoms with Crippen LogP contribution in [-0.4, -0.2) is 37.2 Å². The van der Waals surface area contributed by atoms with Crippen LogP contribution in [-0.2, 0) is 4.79 Å². The molecule has 0 spiro atoms. The average Bonchev–Trinajstić information content (AvgIpc) is 2.42. The van der Waals surface area contributed by atoms with Gasteiger partial charge in [-0.1, -0.05) is 12.1 Å². The van der Waals surface area contributed by atoms with E-state index in [1.807, 2.05) is 0 Å². The molecule has 0 saturated heterocycles. The summed E-state index contributed by atoms with van der Waals surface area (Å²) < 4.78 is 29.0. The lowest BCUT2D eigenvalue weighted by Gasteiger charge is -2.08. The summed E-state index contributed by atoms with van der Waals surface area (Å²) >= 11 is 0. The Kier molecular flexibility index (Phi) is 5.95. The van der Waals surface area contributed by atoms with Gasteiger partial charge in [0.2, 0.25) is 5.91 Å². The molecule has 0 fully saturated rings. The number of carbonyl (C=O) groups excluding carboxylic acids is 1. The molecule has 1 amide bonds. The number of hydrogen-bond acceptors (Lipinski definition) is 3. The van der Waals surface area contributed by atoms with Gasteiger partial charge in [0.1, 0.15) is 11.9 Å². The molecule has 1 aromatic rings. The quantitative estimate of drug-likeness (QED) is 0.770. The second kappa shape index (κ2) is 7.48. The number of amides is 1. The van der Waals surface area contributed by atoms with Gasteiger partial charge in [0.05, 0.1) is 7.11 Å². The molecule has 1 aromatic carbocycles. The summed E-state index contributed by atoms with van der Waals surface area (Å²) in [6, 6.07) is 7.01. The number of methoxy groups -OCH3 is 1. The minimum absolute atomic E-state index is 0.487. The van der Waals surface area contributed by atoms with Gasteiger partial charge in [0.15, 0.2) is 0 Å². The van der Waals surface area contributed by atoms with Crippen LogP contribution in [0, 0.1) is 0 Å². The van der Waals surface area contributed by atoms with Crippen LogP contribution in [0.15, 0.2) is 30.3 Å². The Hall–Kier alpha value is -1.95. The zero-order valence-corrected chi connectivity index (χ0v) is 10.3. The molecule has 0 bridgehead atoms. The molecule has 6 heteroatoms. The Morgan fingerprint density at radius 2 is 2.26 bits per heavy atom. The van der Waals surface area contributed by atoms with Crippen LogP contribution >= 0.6 is 0 Å². The molecule has 0 aliphatic rings. The first-order valence-corrected chi connectivity index (χ1v) is 5.59. The van der Waals surface area contributed by atoms with Gasteiger partial charge in [-0.05, 0) is 23.8 Å². The molecule has 2 N–H and O–H groups in total. The van der Waals surface area contributed by atoms with E-state index in [1.165, 1.54) is 19.3 Å². The van der Waals surface area contributed by atoms with Gasteiger partial charge in [0.25, 0.3) is 6.43 Å². The lowest BCUT2D eigenvalue weighted by molar-refractivity contribution is -0.117. The maximum absolute atomic E-state index is 12.0. The van der Waals surface area contributed by atoms with E-state index in [4.69, 9.17) is 9.84 Å². The molecular formula is C13H15F2NO3. The van der Waals surface area contributed by atoms with Gasteiger partial charge in [-0.3, -0.25) is 4.79 Å². The van der Waals surface area contributed by atoms with Crippen molar-refractivity contribution in [2.45, 2.75) is 12.5 Å². The largest absolute Gasteiger partial charge is 0.497 e. The molecular weight excluding hydrogens is 256 g/mol. The van der Waals surface area contributed by atoms with Crippen molar-refractivity contribution in [2.75, 3.05) is 13.7 Å². The highest BCUT2D eigenvalue weighted by molar-refractivity contribution is 5.91. The molecule has 104 valence electrons. The van der Waals surface area contributed by atoms with E-state index in [0.29, 0.717) is 5.75 Å². The van der Waals surface area contributed by atoms with Crippen molar-refractivity contribution in [3.63, 3.8) is 0 Å². The number of aliphatic hydroxyl groups is 1. The molecule has 0 heterocycles. The van der Waals surface area contributed by atoms with Gasteiger partial charge < -0.3 is 15.2 Å². The monoisotopic (exact) mass is 271 g/mol. The summed E-state index contributed by atoms with van der Waals surface area (Å²) in [7, 11) is 1.53. The van der Waals surface area contributed by atoms with E-state index in [1.54, 1.807) is 24.3 Å². The lowest BCUT2D eigenvalue weighted by atomic mass is 10.2. The van der Waals surface area contributed by atoms with Gasteiger partial charge in [-0.2, -0.15) is 0 Å². The van der Waals surface area contributed by atoms with Crippen LogP contribution in [0.4, 0.5) is 8.78 Å². The van der Waals surface area contributed by atoms with Crippen LogP contribution in [0.25, 0.3) is 6.08 Å². The third-order valence-electron chi connectivity index (χ3n) is 2.30. The summed E-state index contributed by atoms with van der Waals surface area (Å²) in [5.41, 5.74) is 0.740. The second-order valence-corrected chi connectivity index (χ2v) is 3.76. The zero-order chi connectivity index (χ0) is 14.3. The van der Waals surface area contributed by atoms with Gasteiger partial charge in [-0.15, -0.1) is 0 Å². The van der Waals surface area contributed by atoms with Gasteiger partial charge in [-0.25, -0.2) is 8.78 Å². The third kappa shape index (κ3) is 5.48. The molecule has 1 unspecified atom stereocenters. The molecule has 0 aliphatic heterocycles. The first-order chi connectivity index (χ1) is 9.02. The smallest absolute Gasteiger partial charge is 0.265 e. The SMILES string of the molecule is COc1cccc(/C=C/C(=O)NCC(O)C(F)F)c1. The number of halogens is 2. The van der Waals surface area contributed by atoms with E-state index in [2.05, 4.69) is 5.32 Å². The maximum atomic E-state index is 12.0. The van der Waals surface area contributed by atoms with E-state index < -0.39 is 25.0 Å². The number of benzene rings is 1. The number of nitrogens with one attached hydrogen (secondary N) is 1. The molecule has 0 radical (unpaired) electrons. The lowest BCUT2D eigenvalue weighted by Crippen LogP contribution is -2.34. The van der Waals surface area contributed by atoms with Crippen LogP contribution in [0.3, 0.4) is 0 Å². The normalized spacial score (nSPS) is 12.7. The average molecular weight is 271 g/mol. The summed E-state index contributed by atoms with van der Waals surface area (Å²) in [5, 5.41) is 11.0. The van der Waals surface area contributed by atoms with Crippen molar-refractivity contribution in [1.82, 2.24) is 5.32 Å². The molecule has 19 heavy (non-hydrogen) atoms. The third-order valence-corrected chi connectivity index (χ3v) is 2.30. The minimum Gasteiger partial charge on any atom is -0.497 e. The van der Waals surface area contributed by atoms with Crippen LogP contribution < -0.4 is 10.1 Å². The topological polar surface area (TPSA) is 58.6 Å². The predicted octanol–water partition coefficient (Wildman–Crippen LogP) is 1.45. The van der Waals surface area contributed by atoms with E-state index in [9.17, 15) is 13.6 Å². The Labute approximate surface area is 109 Å². The Morgan fingerprint density at radius 3 is 2.89 bits per heavy atom. The van der Waals surface area contributed by atoms with Crippen molar-refractivity contribution >= 4 is 12.0 Å². The highest BCUT2D eigenvalue weighted by Gasteiger charge is 2.16. The Bertz CT molecular complexity index is 449. The molecule has 1 rings (SSSR count). The van der Waals surface area contributed by atoms with Crippen LogP contribution in [0.5, 0.6) is 5.75 Å². The minimum atomic E-state index is -2.87. The highest BCUT2D eigenvalue weighted by atomic mass is 19.3. The highest BCUT2D eigenvalue weighted by Crippen LogP contribution is 2.13. The number of aliphatic hydroxyl groups excluding tert-OH is 1. The fraction of sp³-hybridized carbons (Fsp3) is 0.308. The van der Waals surface area contributed by atoms with Gasteiger partial charge in [0, 0.05) is 12.6 Å². The fourth-order valence-electron chi connectivity index (χ4n) is 1.27. The summed E-state index contributed by atoms with van der Waals surface area (Å²) in [6.07, 6.45) is -2.00. The molecule has 0 aliphatic carbocycles. The summed E-state index contributed by atoms with van der Waals surface area (Å²) in [6.45, 7) is -0.487. The molecule has 1 atom stereocenters. The first kappa shape index (κ1) is 15.1. The van der Waals surface area contributed by atoms with Crippen molar-refractivity contribution in [1.29, 1.82) is 0 Å². The Morgan fingerprint density at radius 1 is 1.53 bits per heavy atom. The standard InChI is InChI=1S/C13H15F2NO3/c1-19-10-4-2-3-9(7-10)5-6-12(18)16-8-11(17)13(14)15/h2-7,11,13,17H,8H2,1H3,(H,16,18)/b6-5+. The number of carbonyl (C=O) groups is 1. The summed E-state index contributed by atoms with van der Waals surface area (Å²) in [5.74, 6) is 0.0956. The van der Waals surface area contributed by atoms with E-state index in [-0.39, 0.29) is 0 Å². The Balaban J connectivity index is 2.49. The first-order valence-electron chi connectivity index (χ1n) is 5.59. The van der Waals surface area contributed by atoms with Crippen molar-refractivity contribution in [2.24, 2.45) is 0 Å². The molecule has 0 saturated carbocycles. The van der Waals surface area contributed by atoms with Gasteiger partial charge >= 0.3 is 0 Å². The predicted molar refractivity (Wildman–Crippen MR) is 67.0 cm³/mol. The van der Waals surface area contributed by atoms with E-state index >= 15 is 0 Å². The zero-order valence-electron chi connectivity index (χ0n) is 10.3. The number of rotatable bonds is 6. The molecule has 0 aromatic heterocycles. The van der Waals surface area contributed by atoms with Crippen LogP contribution in [0.2, 0.25) is 0 Å². The van der Waals surface area contributed by atoms with E-state index in [0.717, 1.165) is 5.56 Å². The number of ether oxygens (including phenoxy) is 1. The molecule has 4 nitrogen and oxygen atoms in total. The van der Waals surface area contributed by atoms with Crippen LogP contribution in [0.1, 0.15) is 5.56 Å². The second-order valence-electron chi connectivity index (χ2n) is 3.76. The van der Waals surface area contributed by atoms with Crippen molar-refractivity contribution in [3.8, 4) is 5.75 Å².